The van der Waals surface area contributed by atoms with Crippen molar-refractivity contribution in [2.24, 2.45) is 0 Å². The Hall–Kier alpha value is -2.17. The van der Waals surface area contributed by atoms with Crippen molar-refractivity contribution in [1.82, 2.24) is 15.0 Å². The lowest BCUT2D eigenvalue weighted by atomic mass is 10.1. The summed E-state index contributed by atoms with van der Waals surface area (Å²) in [4.78, 5) is 13.4. The van der Waals surface area contributed by atoms with Gasteiger partial charge in [-0.1, -0.05) is 31.7 Å². The number of nitrogens with zero attached hydrogens (tertiary/aromatic N) is 3. The third-order valence-corrected chi connectivity index (χ3v) is 4.22. The molecule has 2 N–H and O–H groups in total. The molecule has 0 spiro atoms. The molecule has 0 bridgehead atoms. The molecule has 23 heavy (non-hydrogen) atoms. The van der Waals surface area contributed by atoms with Crippen LogP contribution in [0.25, 0.3) is 0 Å². The van der Waals surface area contributed by atoms with E-state index >= 15 is 0 Å². The fraction of sp³-hybridized carbons (Fsp3) is 0.500. The maximum absolute atomic E-state index is 4.61. The topological polar surface area (TPSA) is 62.7 Å². The maximum Gasteiger partial charge on any atom is 0.225 e. The van der Waals surface area contributed by atoms with Gasteiger partial charge >= 0.3 is 0 Å². The predicted octanol–water partition coefficient (Wildman–Crippen LogP) is 3.93. The van der Waals surface area contributed by atoms with E-state index in [0.717, 1.165) is 17.2 Å². The summed E-state index contributed by atoms with van der Waals surface area (Å²) >= 11 is 0. The van der Waals surface area contributed by atoms with E-state index in [1.54, 1.807) is 6.20 Å². The molecule has 0 amide bonds. The summed E-state index contributed by atoms with van der Waals surface area (Å²) < 4.78 is 0. The molecular formula is C18H25N5. The van der Waals surface area contributed by atoms with E-state index in [4.69, 9.17) is 0 Å². The summed E-state index contributed by atoms with van der Waals surface area (Å²) in [7, 11) is 0. The third-order valence-electron chi connectivity index (χ3n) is 4.22. The Morgan fingerprint density at radius 3 is 2.65 bits per heavy atom. The third kappa shape index (κ3) is 4.91. The Morgan fingerprint density at radius 1 is 1.09 bits per heavy atom. The maximum atomic E-state index is 4.61. The summed E-state index contributed by atoms with van der Waals surface area (Å²) in [6.07, 6.45) is 9.61. The van der Waals surface area contributed by atoms with Gasteiger partial charge in [-0.3, -0.25) is 4.98 Å². The van der Waals surface area contributed by atoms with Crippen molar-refractivity contribution >= 4 is 11.8 Å². The van der Waals surface area contributed by atoms with Crippen LogP contribution in [0.5, 0.6) is 0 Å². The second-order valence-corrected chi connectivity index (χ2v) is 6.23. The molecule has 122 valence electrons. The van der Waals surface area contributed by atoms with Crippen molar-refractivity contribution in [3.63, 3.8) is 0 Å². The van der Waals surface area contributed by atoms with Gasteiger partial charge < -0.3 is 10.6 Å². The van der Waals surface area contributed by atoms with Gasteiger partial charge in [0.05, 0.1) is 12.2 Å². The second kappa shape index (κ2) is 7.90. The van der Waals surface area contributed by atoms with Crippen LogP contribution >= 0.6 is 0 Å². The molecule has 2 heterocycles. The molecule has 0 aromatic carbocycles. The van der Waals surface area contributed by atoms with Gasteiger partial charge in [-0.05, 0) is 31.9 Å². The van der Waals surface area contributed by atoms with Gasteiger partial charge in [0.1, 0.15) is 5.82 Å². The van der Waals surface area contributed by atoms with Crippen LogP contribution < -0.4 is 10.6 Å². The molecule has 0 radical (unpaired) electrons. The van der Waals surface area contributed by atoms with Crippen molar-refractivity contribution in [2.75, 3.05) is 10.6 Å². The smallest absolute Gasteiger partial charge is 0.225 e. The quantitative estimate of drug-likeness (QED) is 0.819. The van der Waals surface area contributed by atoms with E-state index in [1.807, 2.05) is 31.2 Å². The monoisotopic (exact) mass is 311 g/mol. The highest BCUT2D eigenvalue weighted by molar-refractivity contribution is 5.43. The minimum atomic E-state index is 0.537. The van der Waals surface area contributed by atoms with Crippen molar-refractivity contribution in [3.8, 4) is 0 Å². The molecule has 0 unspecified atom stereocenters. The van der Waals surface area contributed by atoms with Crippen molar-refractivity contribution in [3.05, 3.63) is 41.9 Å². The lowest BCUT2D eigenvalue weighted by Gasteiger charge is -2.17. The average Bonchev–Trinajstić information content (AvgIpc) is 2.82. The van der Waals surface area contributed by atoms with Crippen molar-refractivity contribution in [2.45, 2.75) is 58.0 Å². The summed E-state index contributed by atoms with van der Waals surface area (Å²) in [5, 5.41) is 6.86. The van der Waals surface area contributed by atoms with Gasteiger partial charge in [0, 0.05) is 24.0 Å². The molecule has 2 aromatic rings. The molecule has 5 heteroatoms. The fourth-order valence-electron chi connectivity index (χ4n) is 3.03. The van der Waals surface area contributed by atoms with E-state index in [1.165, 1.54) is 38.5 Å². The molecule has 1 saturated carbocycles. The largest absolute Gasteiger partial charge is 0.367 e. The number of hydrogen-bond acceptors (Lipinski definition) is 5. The zero-order valence-corrected chi connectivity index (χ0v) is 13.8. The first-order chi connectivity index (χ1) is 11.3. The summed E-state index contributed by atoms with van der Waals surface area (Å²) in [5.74, 6) is 1.58. The van der Waals surface area contributed by atoms with E-state index in [2.05, 4.69) is 25.6 Å². The summed E-state index contributed by atoms with van der Waals surface area (Å²) in [6, 6.07) is 8.46. The van der Waals surface area contributed by atoms with E-state index in [0.29, 0.717) is 18.5 Å². The Kier molecular flexibility index (Phi) is 5.40. The number of hydrogen-bond donors (Lipinski definition) is 2. The van der Waals surface area contributed by atoms with Crippen LogP contribution in [0.4, 0.5) is 11.8 Å². The minimum absolute atomic E-state index is 0.537. The van der Waals surface area contributed by atoms with Crippen LogP contribution in [0.2, 0.25) is 0 Å². The summed E-state index contributed by atoms with van der Waals surface area (Å²) in [5.41, 5.74) is 1.95. The fourth-order valence-corrected chi connectivity index (χ4v) is 3.03. The zero-order chi connectivity index (χ0) is 15.9. The van der Waals surface area contributed by atoms with Crippen molar-refractivity contribution in [1.29, 1.82) is 0 Å². The number of anilines is 2. The predicted molar refractivity (Wildman–Crippen MR) is 93.4 cm³/mol. The van der Waals surface area contributed by atoms with Crippen LogP contribution in [0.15, 0.2) is 30.5 Å². The Balaban J connectivity index is 1.63. The first-order valence-corrected chi connectivity index (χ1v) is 8.55. The van der Waals surface area contributed by atoms with Crippen LogP contribution in [0, 0.1) is 6.92 Å². The molecular weight excluding hydrogens is 286 g/mol. The Bertz CT molecular complexity index is 606. The van der Waals surface area contributed by atoms with E-state index in [-0.39, 0.29) is 0 Å². The number of pyridine rings is 1. The molecule has 0 atom stereocenters. The number of rotatable bonds is 5. The highest BCUT2D eigenvalue weighted by Crippen LogP contribution is 2.21. The standard InChI is InChI=1S/C18H25N5/c1-14-12-17(22-15-8-4-2-3-5-9-15)23-18(21-14)20-13-16-10-6-7-11-19-16/h6-7,10-12,15H,2-5,8-9,13H2,1H3,(H2,20,21,22,23). The van der Waals surface area contributed by atoms with Gasteiger partial charge in [-0.25, -0.2) is 4.98 Å². The average molecular weight is 311 g/mol. The van der Waals surface area contributed by atoms with E-state index < -0.39 is 0 Å². The van der Waals surface area contributed by atoms with Crippen LogP contribution in [0.1, 0.15) is 49.9 Å². The van der Waals surface area contributed by atoms with Gasteiger partial charge in [-0.2, -0.15) is 4.98 Å². The van der Waals surface area contributed by atoms with Crippen LogP contribution in [0.3, 0.4) is 0 Å². The van der Waals surface area contributed by atoms with Gasteiger partial charge in [-0.15, -0.1) is 0 Å². The normalized spacial score (nSPS) is 15.9. The highest BCUT2D eigenvalue weighted by Gasteiger charge is 2.13. The molecule has 3 rings (SSSR count). The highest BCUT2D eigenvalue weighted by atomic mass is 15.1. The van der Waals surface area contributed by atoms with Gasteiger partial charge in [0.15, 0.2) is 0 Å². The zero-order valence-electron chi connectivity index (χ0n) is 13.8. The first kappa shape index (κ1) is 15.7. The van der Waals surface area contributed by atoms with Crippen molar-refractivity contribution < 1.29 is 0 Å². The molecule has 1 fully saturated rings. The molecule has 5 nitrogen and oxygen atoms in total. The molecule has 1 aliphatic carbocycles. The van der Waals surface area contributed by atoms with Gasteiger partial charge in [0.2, 0.25) is 5.95 Å². The molecule has 1 aliphatic rings. The first-order valence-electron chi connectivity index (χ1n) is 8.55. The molecule has 0 saturated heterocycles. The van der Waals surface area contributed by atoms with E-state index in [9.17, 15) is 0 Å². The molecule has 2 aromatic heterocycles. The lowest BCUT2D eigenvalue weighted by molar-refractivity contribution is 0.617. The number of aryl methyl sites for hydroxylation is 1. The Labute approximate surface area is 138 Å². The Morgan fingerprint density at radius 2 is 1.91 bits per heavy atom. The number of aromatic nitrogens is 3. The number of nitrogens with one attached hydrogen (secondary N) is 2. The minimum Gasteiger partial charge on any atom is -0.367 e. The SMILES string of the molecule is Cc1cc(NC2CCCCCC2)nc(NCc2ccccn2)n1. The van der Waals surface area contributed by atoms with Crippen LogP contribution in [-0.4, -0.2) is 21.0 Å². The summed E-state index contributed by atoms with van der Waals surface area (Å²) in [6.45, 7) is 2.64. The second-order valence-electron chi connectivity index (χ2n) is 6.23. The molecule has 0 aliphatic heterocycles. The van der Waals surface area contributed by atoms with Gasteiger partial charge in [0.25, 0.3) is 0 Å². The van der Waals surface area contributed by atoms with Crippen LogP contribution in [-0.2, 0) is 6.54 Å². The lowest BCUT2D eigenvalue weighted by Crippen LogP contribution is -2.19.